The molecule has 1 saturated carbocycles. The largest absolute Gasteiger partial charge is 0.336 e. The van der Waals surface area contributed by atoms with Crippen LogP contribution in [0.5, 0.6) is 0 Å². The Morgan fingerprint density at radius 2 is 2.21 bits per heavy atom. The van der Waals surface area contributed by atoms with Gasteiger partial charge in [-0.05, 0) is 25.3 Å². The zero-order chi connectivity index (χ0) is 14.0. The molecule has 0 spiro atoms. The molecule has 0 bridgehead atoms. The Labute approximate surface area is 117 Å². The number of hydrogen-bond donors (Lipinski definition) is 1. The molecular weight excluding hydrogens is 284 g/mol. The first-order valence-corrected chi connectivity index (χ1v) is 8.78. The van der Waals surface area contributed by atoms with E-state index in [1.165, 1.54) is 6.07 Å². The summed E-state index contributed by atoms with van der Waals surface area (Å²) in [5.41, 5.74) is 0.428. The summed E-state index contributed by atoms with van der Waals surface area (Å²) < 4.78 is 22.5. The maximum absolute atomic E-state index is 12.4. The molecule has 1 aromatic heterocycles. The normalized spacial score (nSPS) is 15.5. The summed E-state index contributed by atoms with van der Waals surface area (Å²) in [6.45, 7) is 2.82. The summed E-state index contributed by atoms with van der Waals surface area (Å²) in [5, 5.41) is 6.63. The van der Waals surface area contributed by atoms with E-state index in [4.69, 9.17) is 5.14 Å². The fourth-order valence-corrected chi connectivity index (χ4v) is 3.49. The van der Waals surface area contributed by atoms with Gasteiger partial charge in [0.25, 0.3) is 5.91 Å². The summed E-state index contributed by atoms with van der Waals surface area (Å²) in [6, 6.07) is 1.71. The predicted molar refractivity (Wildman–Crippen MR) is 74.7 cm³/mol. The molecule has 1 aliphatic rings. The predicted octanol–water partition coefficient (Wildman–Crippen LogP) is 1.80. The molecule has 0 atom stereocenters. The third-order valence-electron chi connectivity index (χ3n) is 3.10. The van der Waals surface area contributed by atoms with Crippen LogP contribution in [-0.2, 0) is 10.0 Å². The number of primary sulfonamides is 1. The molecule has 0 saturated heterocycles. The molecule has 0 aliphatic heterocycles. The molecule has 7 heteroatoms. The lowest BCUT2D eigenvalue weighted by Gasteiger charge is -2.21. The molecular formula is C12H18N2O3S2. The number of nitrogens with zero attached hydrogens (tertiary/aromatic N) is 1. The Balaban J connectivity index is 2.15. The van der Waals surface area contributed by atoms with Crippen LogP contribution in [0.2, 0.25) is 0 Å². The Morgan fingerprint density at radius 1 is 1.53 bits per heavy atom. The molecule has 0 unspecified atom stereocenters. The number of sulfonamides is 1. The summed E-state index contributed by atoms with van der Waals surface area (Å²) in [4.78, 5) is 14.2. The van der Waals surface area contributed by atoms with Crippen LogP contribution in [0.25, 0.3) is 0 Å². The van der Waals surface area contributed by atoms with E-state index in [0.717, 1.165) is 43.6 Å². The zero-order valence-electron chi connectivity index (χ0n) is 10.8. The van der Waals surface area contributed by atoms with Gasteiger partial charge in [-0.1, -0.05) is 13.3 Å². The maximum atomic E-state index is 12.4. The number of unbranched alkanes of at least 4 members (excludes halogenated alkanes) is 1. The van der Waals surface area contributed by atoms with Gasteiger partial charge in [0.2, 0.25) is 10.0 Å². The van der Waals surface area contributed by atoms with Crippen molar-refractivity contribution in [2.45, 2.75) is 42.9 Å². The van der Waals surface area contributed by atoms with Gasteiger partial charge in [-0.25, -0.2) is 13.6 Å². The molecule has 0 radical (unpaired) electrons. The molecule has 1 aliphatic carbocycles. The third-order valence-corrected chi connectivity index (χ3v) is 5.49. The van der Waals surface area contributed by atoms with Crippen molar-refractivity contribution >= 4 is 27.3 Å². The fraction of sp³-hybridized carbons (Fsp3) is 0.583. The molecule has 5 nitrogen and oxygen atoms in total. The quantitative estimate of drug-likeness (QED) is 0.870. The minimum absolute atomic E-state index is 0.0436. The maximum Gasteiger partial charge on any atom is 0.254 e. The molecule has 1 fully saturated rings. The molecule has 106 valence electrons. The van der Waals surface area contributed by atoms with Crippen LogP contribution >= 0.6 is 11.3 Å². The van der Waals surface area contributed by atoms with Crippen LogP contribution in [0, 0.1) is 0 Å². The Hall–Kier alpha value is -0.920. The smallest absolute Gasteiger partial charge is 0.254 e. The van der Waals surface area contributed by atoms with E-state index in [1.807, 2.05) is 4.90 Å². The summed E-state index contributed by atoms with van der Waals surface area (Å²) in [6.07, 6.45) is 4.08. The van der Waals surface area contributed by atoms with Gasteiger partial charge in [-0.3, -0.25) is 4.79 Å². The van der Waals surface area contributed by atoms with Gasteiger partial charge in [0.1, 0.15) is 4.21 Å². The number of carbonyl (C=O) groups excluding carboxylic acids is 1. The van der Waals surface area contributed by atoms with Crippen molar-refractivity contribution in [3.63, 3.8) is 0 Å². The van der Waals surface area contributed by atoms with Gasteiger partial charge < -0.3 is 4.90 Å². The molecule has 1 amide bonds. The molecule has 2 N–H and O–H groups in total. The van der Waals surface area contributed by atoms with Crippen LogP contribution in [0.15, 0.2) is 15.7 Å². The van der Waals surface area contributed by atoms with Crippen molar-refractivity contribution in [1.82, 2.24) is 4.90 Å². The minimum atomic E-state index is -3.71. The van der Waals surface area contributed by atoms with E-state index >= 15 is 0 Å². The van der Waals surface area contributed by atoms with Crippen molar-refractivity contribution < 1.29 is 13.2 Å². The second kappa shape index (κ2) is 5.60. The average molecular weight is 302 g/mol. The van der Waals surface area contributed by atoms with Gasteiger partial charge in [0.05, 0.1) is 5.56 Å². The van der Waals surface area contributed by atoms with E-state index < -0.39 is 10.0 Å². The van der Waals surface area contributed by atoms with E-state index in [0.29, 0.717) is 11.6 Å². The highest BCUT2D eigenvalue weighted by atomic mass is 32.2. The lowest BCUT2D eigenvalue weighted by atomic mass is 10.2. The summed E-state index contributed by atoms with van der Waals surface area (Å²) in [5.74, 6) is -0.0814. The van der Waals surface area contributed by atoms with Gasteiger partial charge in [-0.2, -0.15) is 0 Å². The van der Waals surface area contributed by atoms with Crippen LogP contribution in [0.1, 0.15) is 43.0 Å². The molecule has 2 rings (SSSR count). The van der Waals surface area contributed by atoms with Crippen LogP contribution in [0.4, 0.5) is 0 Å². The number of thiophene rings is 1. The average Bonchev–Trinajstić information content (AvgIpc) is 3.04. The van der Waals surface area contributed by atoms with Crippen LogP contribution in [0.3, 0.4) is 0 Å². The number of nitrogens with two attached hydrogens (primary N) is 1. The van der Waals surface area contributed by atoms with E-state index in [9.17, 15) is 13.2 Å². The number of rotatable bonds is 6. The van der Waals surface area contributed by atoms with Crippen molar-refractivity contribution in [3.8, 4) is 0 Å². The van der Waals surface area contributed by atoms with Crippen LogP contribution < -0.4 is 5.14 Å². The second-order valence-corrected chi connectivity index (χ2v) is 7.48. The van der Waals surface area contributed by atoms with Crippen molar-refractivity contribution in [2.75, 3.05) is 6.54 Å². The van der Waals surface area contributed by atoms with Crippen molar-refractivity contribution in [1.29, 1.82) is 0 Å². The lowest BCUT2D eigenvalue weighted by molar-refractivity contribution is 0.0741. The van der Waals surface area contributed by atoms with Gasteiger partial charge in [0.15, 0.2) is 0 Å². The van der Waals surface area contributed by atoms with Crippen LogP contribution in [-0.4, -0.2) is 31.8 Å². The van der Waals surface area contributed by atoms with Gasteiger partial charge >= 0.3 is 0 Å². The Kier molecular flexibility index (Phi) is 4.27. The van der Waals surface area contributed by atoms with E-state index in [1.54, 1.807) is 5.38 Å². The Bertz CT molecular complexity index is 561. The topological polar surface area (TPSA) is 80.5 Å². The van der Waals surface area contributed by atoms with Crippen molar-refractivity contribution in [3.05, 3.63) is 17.0 Å². The molecule has 19 heavy (non-hydrogen) atoms. The highest BCUT2D eigenvalue weighted by molar-refractivity contribution is 7.91. The van der Waals surface area contributed by atoms with Gasteiger partial charge in [0, 0.05) is 18.0 Å². The third kappa shape index (κ3) is 3.55. The Morgan fingerprint density at radius 3 is 2.68 bits per heavy atom. The minimum Gasteiger partial charge on any atom is -0.336 e. The first-order chi connectivity index (χ1) is 8.93. The zero-order valence-corrected chi connectivity index (χ0v) is 12.5. The van der Waals surface area contributed by atoms with Crippen molar-refractivity contribution in [2.24, 2.45) is 5.14 Å². The molecule has 1 heterocycles. The standard InChI is InChI=1S/C12H18N2O3S2/c1-2-3-6-14(10-4-5-10)12(15)9-7-11(18-8-9)19(13,16)17/h7-8,10H,2-6H2,1H3,(H2,13,16,17). The lowest BCUT2D eigenvalue weighted by Crippen LogP contribution is -2.33. The van der Waals surface area contributed by atoms with E-state index in [-0.39, 0.29) is 10.1 Å². The van der Waals surface area contributed by atoms with E-state index in [2.05, 4.69) is 6.92 Å². The van der Waals surface area contributed by atoms with Gasteiger partial charge in [-0.15, -0.1) is 11.3 Å². The highest BCUT2D eigenvalue weighted by Crippen LogP contribution is 2.30. The fourth-order valence-electron chi connectivity index (χ4n) is 1.91. The number of hydrogen-bond acceptors (Lipinski definition) is 4. The first kappa shape index (κ1) is 14.5. The number of amides is 1. The molecule has 0 aromatic carbocycles. The SMILES string of the molecule is CCCCN(C(=O)c1csc(S(N)(=O)=O)c1)C1CC1. The number of carbonyl (C=O) groups is 1. The summed E-state index contributed by atoms with van der Waals surface area (Å²) >= 11 is 0.998. The summed E-state index contributed by atoms with van der Waals surface area (Å²) in [7, 11) is -3.71. The molecule has 1 aromatic rings. The monoisotopic (exact) mass is 302 g/mol. The highest BCUT2D eigenvalue weighted by Gasteiger charge is 2.33. The second-order valence-electron chi connectivity index (χ2n) is 4.78. The first-order valence-electron chi connectivity index (χ1n) is 6.35.